The van der Waals surface area contributed by atoms with Gasteiger partial charge in [0.15, 0.2) is 15.0 Å². The van der Waals surface area contributed by atoms with Crippen molar-refractivity contribution in [3.63, 3.8) is 0 Å². The van der Waals surface area contributed by atoms with E-state index in [-0.39, 0.29) is 41.5 Å². The summed E-state index contributed by atoms with van der Waals surface area (Å²) in [5, 5.41) is 8.94. The van der Waals surface area contributed by atoms with Crippen molar-refractivity contribution in [2.75, 3.05) is 18.1 Å². The monoisotopic (exact) mass is 414 g/mol. The zero-order chi connectivity index (χ0) is 19.6. The summed E-state index contributed by atoms with van der Waals surface area (Å²) >= 11 is 1.26. The molecular formula is C17H19FN2O5S2. The molecule has 27 heavy (non-hydrogen) atoms. The number of sulfone groups is 1. The third-order valence-corrected chi connectivity index (χ3v) is 7.75. The highest BCUT2D eigenvalue weighted by atomic mass is 32.2. The van der Waals surface area contributed by atoms with E-state index in [1.54, 1.807) is 12.1 Å². The van der Waals surface area contributed by atoms with Crippen LogP contribution in [0.3, 0.4) is 0 Å². The highest BCUT2D eigenvalue weighted by Gasteiger charge is 2.48. The van der Waals surface area contributed by atoms with Gasteiger partial charge >= 0.3 is 5.97 Å². The summed E-state index contributed by atoms with van der Waals surface area (Å²) in [5.41, 5.74) is 0.891. The molecule has 0 aromatic heterocycles. The Morgan fingerprint density at radius 1 is 1.22 bits per heavy atom. The van der Waals surface area contributed by atoms with Crippen LogP contribution in [0.5, 0.6) is 0 Å². The van der Waals surface area contributed by atoms with Gasteiger partial charge in [0.05, 0.1) is 24.0 Å². The predicted octanol–water partition coefficient (Wildman–Crippen LogP) is 1.33. The molecule has 0 spiro atoms. The number of rotatable bonds is 6. The fraction of sp³-hybridized carbons (Fsp3) is 0.471. The van der Waals surface area contributed by atoms with Crippen molar-refractivity contribution >= 4 is 38.6 Å². The maximum Gasteiger partial charge on any atom is 0.303 e. The molecule has 0 radical (unpaired) electrons. The number of fused-ring (bicyclic) bond motifs is 1. The quantitative estimate of drug-likeness (QED) is 0.749. The summed E-state index contributed by atoms with van der Waals surface area (Å²) in [4.78, 5) is 28.4. The molecule has 2 atom stereocenters. The van der Waals surface area contributed by atoms with Gasteiger partial charge in [0.25, 0.3) is 0 Å². The molecule has 10 heteroatoms. The van der Waals surface area contributed by atoms with Gasteiger partial charge in [-0.25, -0.2) is 12.8 Å². The molecule has 1 N–H and O–H groups in total. The van der Waals surface area contributed by atoms with Crippen molar-refractivity contribution in [3.8, 4) is 0 Å². The molecule has 7 nitrogen and oxygen atoms in total. The number of nitrogens with zero attached hydrogens (tertiary/aromatic N) is 2. The smallest absolute Gasteiger partial charge is 0.303 e. The van der Waals surface area contributed by atoms with E-state index in [1.165, 1.54) is 23.9 Å². The second-order valence-corrected chi connectivity index (χ2v) is 9.91. The number of carbonyl (C=O) groups excluding carboxylic acids is 1. The first-order valence-electron chi connectivity index (χ1n) is 8.45. The van der Waals surface area contributed by atoms with Crippen molar-refractivity contribution in [3.05, 3.63) is 35.6 Å². The van der Waals surface area contributed by atoms with E-state index in [0.29, 0.717) is 18.1 Å². The SMILES string of the molecule is O=C(O)CCC(=O)N=C1S[C@H]2CS(=O)(=O)C[C@@H]2N1CCc1ccc(F)cc1. The first-order valence-corrected chi connectivity index (χ1v) is 11.1. The number of amidine groups is 1. The molecular weight excluding hydrogens is 395 g/mol. The van der Waals surface area contributed by atoms with Gasteiger partial charge in [0, 0.05) is 18.2 Å². The molecule has 0 saturated carbocycles. The molecule has 0 bridgehead atoms. The van der Waals surface area contributed by atoms with Crippen molar-refractivity contribution in [2.45, 2.75) is 30.6 Å². The van der Waals surface area contributed by atoms with Crippen LogP contribution in [0.1, 0.15) is 18.4 Å². The number of aliphatic carboxylic acids is 1. The van der Waals surface area contributed by atoms with Crippen LogP contribution in [0.2, 0.25) is 0 Å². The van der Waals surface area contributed by atoms with E-state index < -0.39 is 21.7 Å². The van der Waals surface area contributed by atoms with Crippen molar-refractivity contribution < 1.29 is 27.5 Å². The Kier molecular flexibility index (Phi) is 5.85. The third kappa shape index (κ3) is 5.07. The Hall–Kier alpha value is -1.94. The Morgan fingerprint density at radius 3 is 2.59 bits per heavy atom. The fourth-order valence-electron chi connectivity index (χ4n) is 3.17. The average molecular weight is 414 g/mol. The Balaban J connectivity index is 1.74. The minimum Gasteiger partial charge on any atom is -0.481 e. The van der Waals surface area contributed by atoms with Gasteiger partial charge < -0.3 is 10.0 Å². The first-order chi connectivity index (χ1) is 12.7. The fourth-order valence-corrected chi connectivity index (χ4v) is 7.17. The zero-order valence-electron chi connectivity index (χ0n) is 14.4. The maximum atomic E-state index is 13.0. The lowest BCUT2D eigenvalue weighted by molar-refractivity contribution is -0.138. The van der Waals surface area contributed by atoms with Crippen LogP contribution in [0, 0.1) is 5.82 Å². The molecule has 2 aliphatic rings. The van der Waals surface area contributed by atoms with E-state index in [2.05, 4.69) is 4.99 Å². The molecule has 3 rings (SSSR count). The number of carboxylic acid groups (broad SMARTS) is 1. The van der Waals surface area contributed by atoms with Crippen LogP contribution in [-0.2, 0) is 25.8 Å². The van der Waals surface area contributed by atoms with Crippen molar-refractivity contribution in [1.82, 2.24) is 4.90 Å². The minimum atomic E-state index is -3.13. The minimum absolute atomic E-state index is 0.0103. The lowest BCUT2D eigenvalue weighted by atomic mass is 10.1. The van der Waals surface area contributed by atoms with Crippen LogP contribution in [0.25, 0.3) is 0 Å². The van der Waals surface area contributed by atoms with Gasteiger partial charge in [-0.2, -0.15) is 4.99 Å². The average Bonchev–Trinajstić information content (AvgIpc) is 3.04. The molecule has 2 saturated heterocycles. The Labute approximate surface area is 160 Å². The molecule has 1 aromatic carbocycles. The second kappa shape index (κ2) is 7.97. The molecule has 1 amide bonds. The highest BCUT2D eigenvalue weighted by Crippen LogP contribution is 2.38. The number of carboxylic acids is 1. The van der Waals surface area contributed by atoms with E-state index in [9.17, 15) is 22.4 Å². The number of hydrogen-bond acceptors (Lipinski definition) is 5. The van der Waals surface area contributed by atoms with Crippen molar-refractivity contribution in [2.24, 2.45) is 4.99 Å². The predicted molar refractivity (Wildman–Crippen MR) is 99.9 cm³/mol. The van der Waals surface area contributed by atoms with E-state index >= 15 is 0 Å². The van der Waals surface area contributed by atoms with Crippen LogP contribution in [0.4, 0.5) is 4.39 Å². The zero-order valence-corrected chi connectivity index (χ0v) is 16.0. The summed E-state index contributed by atoms with van der Waals surface area (Å²) < 4.78 is 37.0. The topological polar surface area (TPSA) is 104 Å². The van der Waals surface area contributed by atoms with Gasteiger partial charge in [-0.15, -0.1) is 0 Å². The number of aliphatic imine (C=N–C) groups is 1. The summed E-state index contributed by atoms with van der Waals surface area (Å²) in [6, 6.07) is 5.79. The molecule has 0 aliphatic carbocycles. The van der Waals surface area contributed by atoms with E-state index in [4.69, 9.17) is 5.11 Å². The molecule has 2 heterocycles. The van der Waals surface area contributed by atoms with Crippen LogP contribution < -0.4 is 0 Å². The number of hydrogen-bond donors (Lipinski definition) is 1. The molecule has 1 aromatic rings. The second-order valence-electron chi connectivity index (χ2n) is 6.55. The molecule has 2 aliphatic heterocycles. The number of carbonyl (C=O) groups is 2. The van der Waals surface area contributed by atoms with Crippen LogP contribution in [-0.4, -0.2) is 64.8 Å². The lowest BCUT2D eigenvalue weighted by Gasteiger charge is -2.24. The standard InChI is InChI=1S/C17H19FN2O5S2/c18-12-3-1-11(2-4-12)7-8-20-13-9-27(24,25)10-14(13)26-17(20)19-15(21)5-6-16(22)23/h1-4,13-14H,5-10H2,(H,22,23)/t13-,14-/m0/s1. The first kappa shape index (κ1) is 19.8. The molecule has 2 fully saturated rings. The van der Waals surface area contributed by atoms with Gasteiger partial charge in [0.2, 0.25) is 5.91 Å². The highest BCUT2D eigenvalue weighted by molar-refractivity contribution is 8.15. The number of amides is 1. The summed E-state index contributed by atoms with van der Waals surface area (Å²) in [5.74, 6) is -1.88. The van der Waals surface area contributed by atoms with E-state index in [0.717, 1.165) is 5.56 Å². The Morgan fingerprint density at radius 2 is 1.93 bits per heavy atom. The number of benzene rings is 1. The third-order valence-electron chi connectivity index (χ3n) is 4.50. The van der Waals surface area contributed by atoms with Crippen LogP contribution >= 0.6 is 11.8 Å². The van der Waals surface area contributed by atoms with E-state index in [1.807, 2.05) is 4.90 Å². The summed E-state index contributed by atoms with van der Waals surface area (Å²) in [7, 11) is -3.13. The summed E-state index contributed by atoms with van der Waals surface area (Å²) in [6.07, 6.45) is 0.0579. The van der Waals surface area contributed by atoms with Gasteiger partial charge in [-0.1, -0.05) is 23.9 Å². The number of thioether (sulfide) groups is 1. The van der Waals surface area contributed by atoms with Gasteiger partial charge in [-0.3, -0.25) is 9.59 Å². The maximum absolute atomic E-state index is 13.0. The van der Waals surface area contributed by atoms with Gasteiger partial charge in [0.1, 0.15) is 5.82 Å². The lowest BCUT2D eigenvalue weighted by Crippen LogP contribution is -2.39. The molecule has 0 unspecified atom stereocenters. The summed E-state index contributed by atoms with van der Waals surface area (Å²) in [6.45, 7) is 0.445. The largest absolute Gasteiger partial charge is 0.481 e. The van der Waals surface area contributed by atoms with Gasteiger partial charge in [-0.05, 0) is 24.1 Å². The normalized spacial score (nSPS) is 24.9. The van der Waals surface area contributed by atoms with Crippen LogP contribution in [0.15, 0.2) is 29.3 Å². The van der Waals surface area contributed by atoms with Crippen molar-refractivity contribution in [1.29, 1.82) is 0 Å². The Bertz CT molecular complexity index is 870. The number of halogens is 1. The molecule has 146 valence electrons.